The third kappa shape index (κ3) is 2.75. The molecule has 12 heavy (non-hydrogen) atoms. The Kier molecular flexibility index (Phi) is 4.77. The van der Waals surface area contributed by atoms with Gasteiger partial charge in [-0.3, -0.25) is 4.79 Å². The van der Waals surface area contributed by atoms with Gasteiger partial charge >= 0.3 is 8.80 Å². The molecule has 0 radical (unpaired) electrons. The Labute approximate surface area is 73.2 Å². The summed E-state index contributed by atoms with van der Waals surface area (Å²) in [6, 6.07) is 0.0208. The summed E-state index contributed by atoms with van der Waals surface area (Å²) in [4.78, 5) is 10.9. The van der Waals surface area contributed by atoms with Crippen molar-refractivity contribution >= 4 is 14.6 Å². The van der Waals surface area contributed by atoms with Crippen LogP contribution in [0, 0.1) is 12.3 Å². The minimum absolute atomic E-state index is 0.0208. The van der Waals surface area contributed by atoms with E-state index in [2.05, 4.69) is 0 Å². The number of carbonyl (C=O) groups excluding carboxylic acids is 1. The Morgan fingerprint density at radius 3 is 2.00 bits per heavy atom. The highest BCUT2D eigenvalue weighted by Gasteiger charge is 2.40. The van der Waals surface area contributed by atoms with E-state index in [0.717, 1.165) is 0 Å². The summed E-state index contributed by atoms with van der Waals surface area (Å²) in [5, 5.41) is 0. The van der Waals surface area contributed by atoms with Crippen LogP contribution in [0.1, 0.15) is 0 Å². The van der Waals surface area contributed by atoms with Gasteiger partial charge in [-0.2, -0.15) is 0 Å². The number of terminal acetylenes is 1. The standard InChI is InChI=1S/C7H12O4Si/c1-5-7(8)6-12(9-2,10-3)11-4/h1H,6H2,2-4H3. The fourth-order valence-electron chi connectivity index (χ4n) is 0.714. The van der Waals surface area contributed by atoms with Crippen LogP contribution in [0.15, 0.2) is 0 Å². The van der Waals surface area contributed by atoms with Gasteiger partial charge in [0.2, 0.25) is 5.78 Å². The zero-order valence-electron chi connectivity index (χ0n) is 7.42. The zero-order valence-corrected chi connectivity index (χ0v) is 8.42. The van der Waals surface area contributed by atoms with Gasteiger partial charge in [-0.25, -0.2) is 0 Å². The van der Waals surface area contributed by atoms with Gasteiger partial charge in [0, 0.05) is 21.3 Å². The van der Waals surface area contributed by atoms with Gasteiger partial charge in [-0.15, -0.1) is 6.42 Å². The average Bonchev–Trinajstić information content (AvgIpc) is 2.14. The predicted octanol–water partition coefficient (Wildman–Crippen LogP) is 0.0668. The Morgan fingerprint density at radius 2 is 1.75 bits per heavy atom. The highest BCUT2D eigenvalue weighted by Crippen LogP contribution is 2.12. The quantitative estimate of drug-likeness (QED) is 0.348. The molecule has 0 fully saturated rings. The van der Waals surface area contributed by atoms with Crippen molar-refractivity contribution in [2.24, 2.45) is 0 Å². The maximum absolute atomic E-state index is 10.9. The molecular formula is C7H12O4Si. The van der Waals surface area contributed by atoms with E-state index in [1.54, 1.807) is 0 Å². The molecule has 5 heteroatoms. The highest BCUT2D eigenvalue weighted by atomic mass is 28.4. The van der Waals surface area contributed by atoms with E-state index >= 15 is 0 Å². The molecule has 0 atom stereocenters. The van der Waals surface area contributed by atoms with Crippen LogP contribution < -0.4 is 0 Å². The summed E-state index contributed by atoms with van der Waals surface area (Å²) in [6.45, 7) is 0. The predicted molar refractivity (Wildman–Crippen MR) is 45.4 cm³/mol. The van der Waals surface area contributed by atoms with E-state index in [9.17, 15) is 4.79 Å². The molecule has 0 aliphatic heterocycles. The molecule has 4 nitrogen and oxygen atoms in total. The van der Waals surface area contributed by atoms with Crippen LogP contribution in [-0.4, -0.2) is 35.9 Å². The van der Waals surface area contributed by atoms with Crippen molar-refractivity contribution in [3.8, 4) is 12.3 Å². The zero-order chi connectivity index (χ0) is 9.61. The maximum atomic E-state index is 10.9. The first-order valence-corrected chi connectivity index (χ1v) is 5.22. The lowest BCUT2D eigenvalue weighted by Gasteiger charge is -2.22. The lowest BCUT2D eigenvalue weighted by molar-refractivity contribution is -0.112. The number of hydrogen-bond acceptors (Lipinski definition) is 4. The van der Waals surface area contributed by atoms with E-state index in [0.29, 0.717) is 0 Å². The highest BCUT2D eigenvalue weighted by molar-refractivity contribution is 6.64. The van der Waals surface area contributed by atoms with Crippen molar-refractivity contribution < 1.29 is 18.1 Å². The van der Waals surface area contributed by atoms with Gasteiger partial charge < -0.3 is 13.3 Å². The van der Waals surface area contributed by atoms with Crippen molar-refractivity contribution in [2.75, 3.05) is 21.3 Å². The van der Waals surface area contributed by atoms with E-state index < -0.39 is 8.80 Å². The molecule has 68 valence electrons. The number of hydrogen-bond donors (Lipinski definition) is 0. The van der Waals surface area contributed by atoms with E-state index in [1.807, 2.05) is 5.92 Å². The van der Waals surface area contributed by atoms with Crippen molar-refractivity contribution in [3.05, 3.63) is 0 Å². The van der Waals surface area contributed by atoms with Crippen molar-refractivity contribution in [3.63, 3.8) is 0 Å². The number of carbonyl (C=O) groups is 1. The molecule has 0 aromatic rings. The number of rotatable bonds is 5. The van der Waals surface area contributed by atoms with Crippen molar-refractivity contribution in [1.29, 1.82) is 0 Å². The summed E-state index contributed by atoms with van der Waals surface area (Å²) < 4.78 is 15.0. The van der Waals surface area contributed by atoms with Crippen LogP contribution in [0.5, 0.6) is 0 Å². The third-order valence-corrected chi connectivity index (χ3v) is 4.09. The van der Waals surface area contributed by atoms with Crippen molar-refractivity contribution in [2.45, 2.75) is 6.04 Å². The van der Waals surface area contributed by atoms with Crippen LogP contribution >= 0.6 is 0 Å². The summed E-state index contributed by atoms with van der Waals surface area (Å²) in [5.41, 5.74) is 0. The van der Waals surface area contributed by atoms with Crippen LogP contribution in [0.4, 0.5) is 0 Å². The van der Waals surface area contributed by atoms with Gasteiger partial charge in [0.15, 0.2) is 0 Å². The van der Waals surface area contributed by atoms with Crippen LogP contribution in [0.2, 0.25) is 6.04 Å². The molecular weight excluding hydrogens is 176 g/mol. The molecule has 0 heterocycles. The molecule has 0 aromatic carbocycles. The van der Waals surface area contributed by atoms with Crippen molar-refractivity contribution in [1.82, 2.24) is 0 Å². The molecule has 0 N–H and O–H groups in total. The summed E-state index contributed by atoms with van der Waals surface area (Å²) >= 11 is 0. The van der Waals surface area contributed by atoms with Gasteiger partial charge in [-0.05, 0) is 5.92 Å². The summed E-state index contributed by atoms with van der Waals surface area (Å²) in [5.74, 6) is 1.61. The Morgan fingerprint density at radius 1 is 1.33 bits per heavy atom. The topological polar surface area (TPSA) is 44.8 Å². The van der Waals surface area contributed by atoms with E-state index in [4.69, 9.17) is 19.7 Å². The second-order valence-corrected chi connectivity index (χ2v) is 4.98. The fourth-order valence-corrected chi connectivity index (χ4v) is 2.14. The van der Waals surface area contributed by atoms with Gasteiger partial charge in [0.25, 0.3) is 0 Å². The lowest BCUT2D eigenvalue weighted by atomic mass is 10.5. The molecule has 0 aliphatic rings. The van der Waals surface area contributed by atoms with Gasteiger partial charge in [-0.1, -0.05) is 0 Å². The summed E-state index contributed by atoms with van der Waals surface area (Å²) in [6.07, 6.45) is 4.90. The van der Waals surface area contributed by atoms with E-state index in [1.165, 1.54) is 21.3 Å². The first kappa shape index (κ1) is 11.3. The average molecular weight is 188 g/mol. The van der Waals surface area contributed by atoms with Crippen LogP contribution in [0.25, 0.3) is 0 Å². The van der Waals surface area contributed by atoms with Gasteiger partial charge in [0.1, 0.15) is 0 Å². The molecule has 0 spiro atoms. The molecule has 0 saturated heterocycles. The normalized spacial score (nSPS) is 10.8. The molecule has 0 aliphatic carbocycles. The SMILES string of the molecule is C#CC(=O)C[Si](OC)(OC)OC. The second-order valence-electron chi connectivity index (χ2n) is 2.04. The minimum Gasteiger partial charge on any atom is -0.377 e. The van der Waals surface area contributed by atoms with Gasteiger partial charge in [0.05, 0.1) is 6.04 Å². The Hall–Kier alpha value is -0.673. The fraction of sp³-hybridized carbons (Fsp3) is 0.571. The molecule has 0 bridgehead atoms. The first-order valence-electron chi connectivity index (χ1n) is 3.29. The monoisotopic (exact) mass is 188 g/mol. The van der Waals surface area contributed by atoms with E-state index in [-0.39, 0.29) is 11.8 Å². The number of ketones is 1. The second kappa shape index (κ2) is 5.06. The molecule has 0 rings (SSSR count). The molecule has 0 amide bonds. The Bertz CT molecular complexity index is 184. The Balaban J connectivity index is 4.32. The minimum atomic E-state index is -2.79. The molecule has 0 aromatic heterocycles. The summed E-state index contributed by atoms with van der Waals surface area (Å²) in [7, 11) is 1.51. The maximum Gasteiger partial charge on any atom is 0.508 e. The number of Topliss-reactive ketones (excluding diaryl/α,β-unsaturated/α-hetero) is 1. The lowest BCUT2D eigenvalue weighted by Crippen LogP contribution is -2.44. The van der Waals surface area contributed by atoms with Crippen LogP contribution in [0.3, 0.4) is 0 Å². The smallest absolute Gasteiger partial charge is 0.377 e. The molecule has 0 unspecified atom stereocenters. The third-order valence-electron chi connectivity index (χ3n) is 1.47. The van der Waals surface area contributed by atoms with Crippen LogP contribution in [-0.2, 0) is 18.1 Å². The largest absolute Gasteiger partial charge is 0.508 e. The first-order chi connectivity index (χ1) is 5.64. The molecule has 0 saturated carbocycles.